The van der Waals surface area contributed by atoms with Gasteiger partial charge in [0.25, 0.3) is 5.91 Å². The van der Waals surface area contributed by atoms with Crippen LogP contribution < -0.4 is 5.32 Å². The molecule has 1 aromatic heterocycles. The third kappa shape index (κ3) is 3.36. The molecule has 0 aliphatic rings. The SMILES string of the molecule is CC(O)(CNC(=O)c1ccc2cc[nH]c2c1)CC(=O)O. The van der Waals surface area contributed by atoms with Crippen molar-refractivity contribution >= 4 is 22.8 Å². The van der Waals surface area contributed by atoms with Gasteiger partial charge < -0.3 is 20.5 Å². The molecule has 0 saturated carbocycles. The van der Waals surface area contributed by atoms with E-state index in [0.29, 0.717) is 5.56 Å². The molecule has 1 aromatic carbocycles. The van der Waals surface area contributed by atoms with E-state index in [0.717, 1.165) is 10.9 Å². The van der Waals surface area contributed by atoms with Crippen molar-refractivity contribution in [3.05, 3.63) is 36.0 Å². The van der Waals surface area contributed by atoms with Crippen LogP contribution in [0.1, 0.15) is 23.7 Å². The number of H-pyrrole nitrogens is 1. The van der Waals surface area contributed by atoms with Gasteiger partial charge in [-0.15, -0.1) is 0 Å². The van der Waals surface area contributed by atoms with Crippen molar-refractivity contribution in [2.75, 3.05) is 6.54 Å². The van der Waals surface area contributed by atoms with Gasteiger partial charge in [0.2, 0.25) is 0 Å². The molecule has 0 fully saturated rings. The van der Waals surface area contributed by atoms with Gasteiger partial charge in [-0.3, -0.25) is 9.59 Å². The highest BCUT2D eigenvalue weighted by Gasteiger charge is 2.25. The lowest BCUT2D eigenvalue weighted by molar-refractivity contribution is -0.141. The maximum Gasteiger partial charge on any atom is 0.306 e. The van der Waals surface area contributed by atoms with E-state index in [2.05, 4.69) is 10.3 Å². The third-order valence-electron chi connectivity index (χ3n) is 2.98. The predicted molar refractivity (Wildman–Crippen MR) is 73.5 cm³/mol. The maximum absolute atomic E-state index is 12.0. The molecule has 6 nitrogen and oxygen atoms in total. The van der Waals surface area contributed by atoms with Crippen LogP contribution in [0.25, 0.3) is 10.9 Å². The highest BCUT2D eigenvalue weighted by molar-refractivity contribution is 5.97. The van der Waals surface area contributed by atoms with Crippen molar-refractivity contribution in [2.24, 2.45) is 0 Å². The number of hydrogen-bond donors (Lipinski definition) is 4. The monoisotopic (exact) mass is 276 g/mol. The van der Waals surface area contributed by atoms with Crippen LogP contribution in [0.5, 0.6) is 0 Å². The van der Waals surface area contributed by atoms with Crippen molar-refractivity contribution in [1.82, 2.24) is 10.3 Å². The van der Waals surface area contributed by atoms with Gasteiger partial charge in [0, 0.05) is 23.8 Å². The average Bonchev–Trinajstić information content (AvgIpc) is 2.81. The first kappa shape index (κ1) is 14.1. The summed E-state index contributed by atoms with van der Waals surface area (Å²) >= 11 is 0. The summed E-state index contributed by atoms with van der Waals surface area (Å²) in [6.45, 7) is 1.25. The molecule has 6 heteroatoms. The second kappa shape index (κ2) is 5.34. The molecule has 1 atom stereocenters. The number of carboxylic acids is 1. The lowest BCUT2D eigenvalue weighted by Crippen LogP contribution is -2.42. The summed E-state index contributed by atoms with van der Waals surface area (Å²) in [6.07, 6.45) is 1.35. The molecule has 0 aliphatic heterocycles. The van der Waals surface area contributed by atoms with E-state index in [9.17, 15) is 14.7 Å². The molecule has 2 rings (SSSR count). The molecule has 20 heavy (non-hydrogen) atoms. The van der Waals surface area contributed by atoms with Gasteiger partial charge in [0.15, 0.2) is 0 Å². The number of amides is 1. The number of aromatic amines is 1. The second-order valence-electron chi connectivity index (χ2n) is 5.03. The zero-order valence-electron chi connectivity index (χ0n) is 11.0. The van der Waals surface area contributed by atoms with Gasteiger partial charge in [-0.05, 0) is 30.5 Å². The fourth-order valence-corrected chi connectivity index (χ4v) is 1.95. The van der Waals surface area contributed by atoms with E-state index in [4.69, 9.17) is 5.11 Å². The largest absolute Gasteiger partial charge is 0.481 e. The smallest absolute Gasteiger partial charge is 0.306 e. The molecule has 106 valence electrons. The Morgan fingerprint density at radius 1 is 1.35 bits per heavy atom. The Morgan fingerprint density at radius 2 is 2.10 bits per heavy atom. The van der Waals surface area contributed by atoms with Crippen LogP contribution in [0.3, 0.4) is 0 Å². The number of aliphatic carboxylic acids is 1. The van der Waals surface area contributed by atoms with Gasteiger partial charge in [-0.2, -0.15) is 0 Å². The number of aromatic nitrogens is 1. The lowest BCUT2D eigenvalue weighted by Gasteiger charge is -2.21. The van der Waals surface area contributed by atoms with Crippen LogP contribution in [0.4, 0.5) is 0 Å². The molecule has 1 amide bonds. The first-order valence-electron chi connectivity index (χ1n) is 6.17. The van der Waals surface area contributed by atoms with Gasteiger partial charge in [-0.25, -0.2) is 0 Å². The number of aliphatic hydroxyl groups is 1. The fraction of sp³-hybridized carbons (Fsp3) is 0.286. The minimum atomic E-state index is -1.47. The molecule has 4 N–H and O–H groups in total. The number of benzene rings is 1. The number of carbonyl (C=O) groups excluding carboxylic acids is 1. The molecule has 0 bridgehead atoms. The van der Waals surface area contributed by atoms with Gasteiger partial charge >= 0.3 is 5.97 Å². The Hall–Kier alpha value is -2.34. The topological polar surface area (TPSA) is 102 Å². The highest BCUT2D eigenvalue weighted by Crippen LogP contribution is 2.14. The van der Waals surface area contributed by atoms with Crippen molar-refractivity contribution in [3.8, 4) is 0 Å². The van der Waals surface area contributed by atoms with Crippen LogP contribution in [0, 0.1) is 0 Å². The van der Waals surface area contributed by atoms with Gasteiger partial charge in [0.1, 0.15) is 0 Å². The molecule has 0 aliphatic carbocycles. The van der Waals surface area contributed by atoms with E-state index in [-0.39, 0.29) is 12.5 Å². The van der Waals surface area contributed by atoms with Crippen LogP contribution in [0.15, 0.2) is 30.5 Å². The summed E-state index contributed by atoms with van der Waals surface area (Å²) in [7, 11) is 0. The summed E-state index contributed by atoms with van der Waals surface area (Å²) in [5.74, 6) is -1.47. The summed E-state index contributed by atoms with van der Waals surface area (Å²) in [5.41, 5.74) is -0.182. The molecule has 2 aromatic rings. The van der Waals surface area contributed by atoms with Crippen LogP contribution in [-0.2, 0) is 4.79 Å². The zero-order valence-corrected chi connectivity index (χ0v) is 11.0. The van der Waals surface area contributed by atoms with E-state index < -0.39 is 18.0 Å². The van der Waals surface area contributed by atoms with E-state index in [1.54, 1.807) is 18.3 Å². The Bertz CT molecular complexity index is 645. The first-order chi connectivity index (χ1) is 9.37. The lowest BCUT2D eigenvalue weighted by atomic mass is 10.0. The van der Waals surface area contributed by atoms with Crippen LogP contribution >= 0.6 is 0 Å². The Kier molecular flexibility index (Phi) is 3.76. The summed E-state index contributed by atoms with van der Waals surface area (Å²) in [4.78, 5) is 25.5. The van der Waals surface area contributed by atoms with Crippen molar-refractivity contribution in [3.63, 3.8) is 0 Å². The molecular formula is C14H16N2O4. The molecule has 0 spiro atoms. The molecule has 0 saturated heterocycles. The van der Waals surface area contributed by atoms with Gasteiger partial charge in [0.05, 0.1) is 12.0 Å². The quantitative estimate of drug-likeness (QED) is 0.657. The fourth-order valence-electron chi connectivity index (χ4n) is 1.95. The summed E-state index contributed by atoms with van der Waals surface area (Å²) < 4.78 is 0. The van der Waals surface area contributed by atoms with Crippen LogP contribution in [0.2, 0.25) is 0 Å². The number of rotatable bonds is 5. The Morgan fingerprint density at radius 3 is 2.80 bits per heavy atom. The average molecular weight is 276 g/mol. The normalized spacial score (nSPS) is 13.9. The van der Waals surface area contributed by atoms with Crippen molar-refractivity contribution < 1.29 is 19.8 Å². The molecule has 1 unspecified atom stereocenters. The standard InChI is InChI=1S/C14H16N2O4/c1-14(20,7-12(17)18)8-16-13(19)10-3-2-9-4-5-15-11(9)6-10/h2-6,15,20H,7-8H2,1H3,(H,16,19)(H,17,18). The molecular weight excluding hydrogens is 260 g/mol. The minimum absolute atomic E-state index is 0.124. The predicted octanol–water partition coefficient (Wildman–Crippen LogP) is 1.12. The van der Waals surface area contributed by atoms with Gasteiger partial charge in [-0.1, -0.05) is 6.07 Å². The number of nitrogens with one attached hydrogen (secondary N) is 2. The number of carbonyl (C=O) groups is 2. The summed E-state index contributed by atoms with van der Waals surface area (Å²) in [6, 6.07) is 7.10. The van der Waals surface area contributed by atoms with Crippen LogP contribution in [-0.4, -0.2) is 39.2 Å². The Labute approximate surface area is 115 Å². The van der Waals surface area contributed by atoms with E-state index in [1.165, 1.54) is 6.92 Å². The second-order valence-corrected chi connectivity index (χ2v) is 5.03. The number of carboxylic acid groups (broad SMARTS) is 1. The molecule has 0 radical (unpaired) electrons. The number of fused-ring (bicyclic) bond motifs is 1. The van der Waals surface area contributed by atoms with E-state index in [1.807, 2.05) is 12.1 Å². The number of hydrogen-bond acceptors (Lipinski definition) is 3. The third-order valence-corrected chi connectivity index (χ3v) is 2.98. The van der Waals surface area contributed by atoms with Crippen molar-refractivity contribution in [2.45, 2.75) is 18.9 Å². The minimum Gasteiger partial charge on any atom is -0.481 e. The molecule has 1 heterocycles. The Balaban J connectivity index is 2.02. The first-order valence-corrected chi connectivity index (χ1v) is 6.17. The summed E-state index contributed by atoms with van der Waals surface area (Å²) in [5, 5.41) is 22.0. The van der Waals surface area contributed by atoms with Crippen molar-refractivity contribution in [1.29, 1.82) is 0 Å². The highest BCUT2D eigenvalue weighted by atomic mass is 16.4. The van der Waals surface area contributed by atoms with E-state index >= 15 is 0 Å². The maximum atomic E-state index is 12.0. The zero-order chi connectivity index (χ0) is 14.8.